The molecule has 1 atom stereocenters. The lowest BCUT2D eigenvalue weighted by Gasteiger charge is -2.18. The highest BCUT2D eigenvalue weighted by Gasteiger charge is 2.13. The van der Waals surface area contributed by atoms with Crippen LogP contribution in [0.1, 0.15) is 20.8 Å². The molecule has 14 heavy (non-hydrogen) atoms. The molecule has 0 spiro atoms. The summed E-state index contributed by atoms with van der Waals surface area (Å²) in [6.45, 7) is 5.00. The summed E-state index contributed by atoms with van der Waals surface area (Å²) in [5, 5.41) is 2.94. The first-order chi connectivity index (χ1) is 6.34. The van der Waals surface area contributed by atoms with Crippen molar-refractivity contribution >= 4 is 11.7 Å². The number of carbonyl (C=O) groups is 2. The standard InChI is InChI=1S/C10H18N2O2/c1-7(6-8(2)13)11-9(3)10(14)12(4)5/h6,9,11H,1-5H3/b7-6+/t9-/m0/s1. The minimum atomic E-state index is -0.305. The number of allylic oxidation sites excluding steroid dienone is 2. The summed E-state index contributed by atoms with van der Waals surface area (Å²) in [4.78, 5) is 23.7. The highest BCUT2D eigenvalue weighted by atomic mass is 16.2. The Balaban J connectivity index is 4.26. The highest BCUT2D eigenvalue weighted by Crippen LogP contribution is 1.94. The van der Waals surface area contributed by atoms with Gasteiger partial charge in [0.25, 0.3) is 0 Å². The topological polar surface area (TPSA) is 49.4 Å². The number of amides is 1. The van der Waals surface area contributed by atoms with E-state index in [2.05, 4.69) is 5.32 Å². The highest BCUT2D eigenvalue weighted by molar-refractivity contribution is 5.88. The van der Waals surface area contributed by atoms with Gasteiger partial charge in [-0.2, -0.15) is 0 Å². The van der Waals surface area contributed by atoms with E-state index >= 15 is 0 Å². The monoisotopic (exact) mass is 198 g/mol. The average molecular weight is 198 g/mol. The molecule has 0 rings (SSSR count). The SMILES string of the molecule is CC(=O)/C=C(\C)N[C@@H](C)C(=O)N(C)C. The van der Waals surface area contributed by atoms with Crippen LogP contribution in [0.5, 0.6) is 0 Å². The zero-order valence-electron chi connectivity index (χ0n) is 9.42. The van der Waals surface area contributed by atoms with Crippen molar-refractivity contribution < 1.29 is 9.59 Å². The summed E-state index contributed by atoms with van der Waals surface area (Å²) in [5.41, 5.74) is 0.709. The van der Waals surface area contributed by atoms with Gasteiger partial charge in [-0.15, -0.1) is 0 Å². The number of nitrogens with one attached hydrogen (secondary N) is 1. The summed E-state index contributed by atoms with van der Waals surface area (Å²) in [6, 6.07) is -0.305. The normalized spacial score (nSPS) is 13.4. The number of nitrogens with zero attached hydrogens (tertiary/aromatic N) is 1. The number of rotatable bonds is 4. The average Bonchev–Trinajstić information content (AvgIpc) is 2.00. The second kappa shape index (κ2) is 5.42. The van der Waals surface area contributed by atoms with Gasteiger partial charge >= 0.3 is 0 Å². The van der Waals surface area contributed by atoms with Crippen LogP contribution in [0.25, 0.3) is 0 Å². The van der Waals surface area contributed by atoms with Crippen molar-refractivity contribution in [3.8, 4) is 0 Å². The third-order valence-corrected chi connectivity index (χ3v) is 1.68. The van der Waals surface area contributed by atoms with Gasteiger partial charge in [0.15, 0.2) is 5.78 Å². The summed E-state index contributed by atoms with van der Waals surface area (Å²) in [5.74, 6) is -0.0409. The fourth-order valence-electron chi connectivity index (χ4n) is 1.14. The minimum Gasteiger partial charge on any atom is -0.377 e. The number of likely N-dealkylation sites (N-methyl/N-ethyl adjacent to an activating group) is 1. The molecule has 0 aromatic heterocycles. The molecule has 0 aliphatic heterocycles. The van der Waals surface area contributed by atoms with E-state index < -0.39 is 0 Å². The summed E-state index contributed by atoms with van der Waals surface area (Å²) in [6.07, 6.45) is 1.47. The molecule has 4 nitrogen and oxygen atoms in total. The van der Waals surface area contributed by atoms with Gasteiger partial charge in [0, 0.05) is 19.8 Å². The van der Waals surface area contributed by atoms with Gasteiger partial charge in [-0.1, -0.05) is 0 Å². The lowest BCUT2D eigenvalue weighted by Crippen LogP contribution is -2.40. The number of ketones is 1. The number of hydrogen-bond acceptors (Lipinski definition) is 3. The number of hydrogen-bond donors (Lipinski definition) is 1. The molecule has 0 saturated carbocycles. The van der Waals surface area contributed by atoms with Crippen molar-refractivity contribution in [3.05, 3.63) is 11.8 Å². The van der Waals surface area contributed by atoms with Crippen LogP contribution >= 0.6 is 0 Å². The van der Waals surface area contributed by atoms with E-state index in [9.17, 15) is 9.59 Å². The lowest BCUT2D eigenvalue weighted by molar-refractivity contribution is -0.130. The molecule has 4 heteroatoms. The summed E-state index contributed by atoms with van der Waals surface area (Å²) >= 11 is 0. The second-order valence-corrected chi connectivity index (χ2v) is 3.54. The minimum absolute atomic E-state index is 0.0127. The zero-order valence-corrected chi connectivity index (χ0v) is 9.42. The van der Waals surface area contributed by atoms with E-state index in [-0.39, 0.29) is 17.7 Å². The molecule has 0 aromatic carbocycles. The smallest absolute Gasteiger partial charge is 0.244 e. The third kappa shape index (κ3) is 4.64. The molecule has 1 N–H and O–H groups in total. The Morgan fingerprint density at radius 1 is 1.29 bits per heavy atom. The van der Waals surface area contributed by atoms with Gasteiger partial charge < -0.3 is 10.2 Å². The van der Waals surface area contributed by atoms with Crippen LogP contribution in [0, 0.1) is 0 Å². The lowest BCUT2D eigenvalue weighted by atomic mass is 10.2. The molecule has 0 aliphatic carbocycles. The van der Waals surface area contributed by atoms with E-state index in [1.807, 2.05) is 0 Å². The van der Waals surface area contributed by atoms with Crippen LogP contribution in [0.15, 0.2) is 11.8 Å². The van der Waals surface area contributed by atoms with Crippen molar-refractivity contribution in [3.63, 3.8) is 0 Å². The molecular formula is C10H18N2O2. The Hall–Kier alpha value is -1.32. The second-order valence-electron chi connectivity index (χ2n) is 3.54. The molecule has 1 amide bonds. The molecule has 0 heterocycles. The number of carbonyl (C=O) groups excluding carboxylic acids is 2. The molecular weight excluding hydrogens is 180 g/mol. The molecule has 0 saturated heterocycles. The maximum Gasteiger partial charge on any atom is 0.244 e. The molecule has 0 radical (unpaired) electrons. The Morgan fingerprint density at radius 2 is 1.79 bits per heavy atom. The Kier molecular flexibility index (Phi) is 4.91. The summed E-state index contributed by atoms with van der Waals surface area (Å²) < 4.78 is 0. The van der Waals surface area contributed by atoms with Gasteiger partial charge in [0.2, 0.25) is 5.91 Å². The van der Waals surface area contributed by atoms with Gasteiger partial charge in [0.05, 0.1) is 0 Å². The first-order valence-electron chi connectivity index (χ1n) is 4.51. The van der Waals surface area contributed by atoms with Gasteiger partial charge in [-0.3, -0.25) is 9.59 Å². The largest absolute Gasteiger partial charge is 0.377 e. The van der Waals surface area contributed by atoms with Crippen molar-refractivity contribution in [2.75, 3.05) is 14.1 Å². The molecule has 0 bridgehead atoms. The van der Waals surface area contributed by atoms with Crippen LogP contribution < -0.4 is 5.32 Å². The van der Waals surface area contributed by atoms with E-state index in [1.54, 1.807) is 27.9 Å². The first kappa shape index (κ1) is 12.7. The van der Waals surface area contributed by atoms with E-state index in [0.29, 0.717) is 5.70 Å². The predicted molar refractivity (Wildman–Crippen MR) is 55.7 cm³/mol. The molecule has 0 aliphatic rings. The van der Waals surface area contributed by atoms with Gasteiger partial charge in [-0.05, 0) is 26.8 Å². The van der Waals surface area contributed by atoms with Crippen molar-refractivity contribution in [1.29, 1.82) is 0 Å². The first-order valence-corrected chi connectivity index (χ1v) is 4.51. The van der Waals surface area contributed by atoms with E-state index in [0.717, 1.165) is 0 Å². The van der Waals surface area contributed by atoms with E-state index in [1.165, 1.54) is 17.9 Å². The van der Waals surface area contributed by atoms with Crippen LogP contribution in [0.2, 0.25) is 0 Å². The Morgan fingerprint density at radius 3 is 2.14 bits per heavy atom. The fraction of sp³-hybridized carbons (Fsp3) is 0.600. The van der Waals surface area contributed by atoms with Crippen molar-refractivity contribution in [2.45, 2.75) is 26.8 Å². The molecule has 80 valence electrons. The van der Waals surface area contributed by atoms with Gasteiger partial charge in [-0.25, -0.2) is 0 Å². The molecule has 0 fully saturated rings. The van der Waals surface area contributed by atoms with Crippen LogP contribution in [-0.2, 0) is 9.59 Å². The quantitative estimate of drug-likeness (QED) is 0.671. The fourth-order valence-corrected chi connectivity index (χ4v) is 1.14. The maximum absolute atomic E-state index is 11.4. The van der Waals surface area contributed by atoms with Crippen LogP contribution in [-0.4, -0.2) is 36.7 Å². The third-order valence-electron chi connectivity index (χ3n) is 1.68. The zero-order chi connectivity index (χ0) is 11.3. The van der Waals surface area contributed by atoms with Crippen LogP contribution in [0.4, 0.5) is 0 Å². The van der Waals surface area contributed by atoms with Crippen molar-refractivity contribution in [2.24, 2.45) is 0 Å². The Labute approximate surface area is 85.0 Å². The molecule has 0 aromatic rings. The van der Waals surface area contributed by atoms with E-state index in [4.69, 9.17) is 0 Å². The maximum atomic E-state index is 11.4. The molecule has 0 unspecified atom stereocenters. The predicted octanol–water partition coefficient (Wildman–Crippen LogP) is 0.545. The summed E-state index contributed by atoms with van der Waals surface area (Å²) in [7, 11) is 3.40. The van der Waals surface area contributed by atoms with Crippen LogP contribution in [0.3, 0.4) is 0 Å². The van der Waals surface area contributed by atoms with Crippen molar-refractivity contribution in [1.82, 2.24) is 10.2 Å². The Bertz CT molecular complexity index is 257. The van der Waals surface area contributed by atoms with Gasteiger partial charge in [0.1, 0.15) is 6.04 Å².